The molecule has 1 fully saturated rings. The number of aryl methyl sites for hydroxylation is 1. The molecule has 5 heteroatoms. The third kappa shape index (κ3) is 2.15. The Morgan fingerprint density at radius 3 is 2.82 bits per heavy atom. The number of rotatable bonds is 3. The summed E-state index contributed by atoms with van der Waals surface area (Å²) in [7, 11) is 0. The van der Waals surface area contributed by atoms with Crippen molar-refractivity contribution < 1.29 is 9.59 Å². The van der Waals surface area contributed by atoms with Gasteiger partial charge in [0.25, 0.3) is 0 Å². The Kier molecular flexibility index (Phi) is 3.11. The van der Waals surface area contributed by atoms with Gasteiger partial charge in [0.05, 0.1) is 10.6 Å². The molecule has 2 rings (SSSR count). The van der Waals surface area contributed by atoms with Gasteiger partial charge in [-0.3, -0.25) is 14.5 Å². The standard InChI is InChI=1S/C12H14N2O2S/c1-4-9-5-10(16)14(6-9)12-13-7(2)11(17-12)8(3)15/h4,9H,1,5-6H2,2-3H3. The largest absolute Gasteiger partial charge is 0.294 e. The van der Waals surface area contributed by atoms with Crippen LogP contribution in [0.2, 0.25) is 0 Å². The Hall–Kier alpha value is -1.49. The van der Waals surface area contributed by atoms with Gasteiger partial charge in [-0.15, -0.1) is 6.58 Å². The first-order valence-electron chi connectivity index (χ1n) is 5.44. The molecule has 0 aliphatic carbocycles. The first kappa shape index (κ1) is 12.0. The van der Waals surface area contributed by atoms with E-state index in [0.29, 0.717) is 28.7 Å². The van der Waals surface area contributed by atoms with E-state index in [2.05, 4.69) is 11.6 Å². The molecule has 1 aliphatic rings. The van der Waals surface area contributed by atoms with Crippen LogP contribution in [0.4, 0.5) is 5.13 Å². The van der Waals surface area contributed by atoms with Gasteiger partial charge in [0.15, 0.2) is 10.9 Å². The minimum absolute atomic E-state index is 0.00170. The van der Waals surface area contributed by atoms with Crippen LogP contribution in [0.25, 0.3) is 0 Å². The van der Waals surface area contributed by atoms with Crippen molar-refractivity contribution >= 4 is 28.2 Å². The topological polar surface area (TPSA) is 50.3 Å². The smallest absolute Gasteiger partial charge is 0.229 e. The predicted octanol–water partition coefficient (Wildman–Crippen LogP) is 2.19. The van der Waals surface area contributed by atoms with Gasteiger partial charge in [0.2, 0.25) is 5.91 Å². The zero-order chi connectivity index (χ0) is 12.6. The summed E-state index contributed by atoms with van der Waals surface area (Å²) in [5.74, 6) is 0.240. The number of ketones is 1. The van der Waals surface area contributed by atoms with E-state index >= 15 is 0 Å². The average molecular weight is 250 g/mol. The normalized spacial score (nSPS) is 19.8. The summed E-state index contributed by atoms with van der Waals surface area (Å²) in [5.41, 5.74) is 0.701. The van der Waals surface area contributed by atoms with Crippen LogP contribution >= 0.6 is 11.3 Å². The second kappa shape index (κ2) is 4.41. The van der Waals surface area contributed by atoms with Gasteiger partial charge in [0.1, 0.15) is 0 Å². The molecule has 0 aromatic carbocycles. The fraction of sp³-hybridized carbons (Fsp3) is 0.417. The van der Waals surface area contributed by atoms with Crippen LogP contribution in [-0.4, -0.2) is 23.2 Å². The molecule has 1 amide bonds. The zero-order valence-corrected chi connectivity index (χ0v) is 10.7. The lowest BCUT2D eigenvalue weighted by atomic mass is 10.1. The lowest BCUT2D eigenvalue weighted by Gasteiger charge is -2.11. The Balaban J connectivity index is 2.29. The third-order valence-electron chi connectivity index (χ3n) is 2.82. The van der Waals surface area contributed by atoms with Crippen molar-refractivity contribution in [3.8, 4) is 0 Å². The molecule has 2 heterocycles. The first-order chi connectivity index (χ1) is 8.02. The number of carbonyl (C=O) groups excluding carboxylic acids is 2. The molecule has 1 aromatic rings. The van der Waals surface area contributed by atoms with Crippen LogP contribution in [0.5, 0.6) is 0 Å². The van der Waals surface area contributed by atoms with Gasteiger partial charge in [-0.05, 0) is 6.92 Å². The van der Waals surface area contributed by atoms with E-state index in [4.69, 9.17) is 0 Å². The van der Waals surface area contributed by atoms with Crippen molar-refractivity contribution in [2.45, 2.75) is 20.3 Å². The van der Waals surface area contributed by atoms with E-state index in [9.17, 15) is 9.59 Å². The Morgan fingerprint density at radius 2 is 2.35 bits per heavy atom. The first-order valence-corrected chi connectivity index (χ1v) is 6.26. The van der Waals surface area contributed by atoms with Gasteiger partial charge in [-0.2, -0.15) is 0 Å². The Morgan fingerprint density at radius 1 is 1.65 bits per heavy atom. The lowest BCUT2D eigenvalue weighted by molar-refractivity contribution is -0.117. The fourth-order valence-electron chi connectivity index (χ4n) is 1.90. The van der Waals surface area contributed by atoms with E-state index in [1.807, 2.05) is 0 Å². The van der Waals surface area contributed by atoms with E-state index in [0.717, 1.165) is 0 Å². The summed E-state index contributed by atoms with van der Waals surface area (Å²) in [6, 6.07) is 0. The van der Waals surface area contributed by atoms with Crippen LogP contribution in [0.3, 0.4) is 0 Å². The van der Waals surface area contributed by atoms with Crippen molar-refractivity contribution in [3.63, 3.8) is 0 Å². The molecule has 4 nitrogen and oxygen atoms in total. The molecular formula is C12H14N2O2S. The molecule has 17 heavy (non-hydrogen) atoms. The van der Waals surface area contributed by atoms with Crippen LogP contribution < -0.4 is 4.90 Å². The molecule has 1 aromatic heterocycles. The second-order valence-corrected chi connectivity index (χ2v) is 5.15. The molecule has 0 radical (unpaired) electrons. The summed E-state index contributed by atoms with van der Waals surface area (Å²) in [4.78, 5) is 29.7. The number of nitrogens with zero attached hydrogens (tertiary/aromatic N) is 2. The van der Waals surface area contributed by atoms with Gasteiger partial charge in [0, 0.05) is 25.8 Å². The van der Waals surface area contributed by atoms with E-state index in [1.165, 1.54) is 18.3 Å². The second-order valence-electron chi connectivity index (χ2n) is 4.17. The molecular weight excluding hydrogens is 236 g/mol. The van der Waals surface area contributed by atoms with E-state index < -0.39 is 0 Å². The summed E-state index contributed by atoms with van der Waals surface area (Å²) in [6.07, 6.45) is 2.28. The predicted molar refractivity (Wildman–Crippen MR) is 67.5 cm³/mol. The highest BCUT2D eigenvalue weighted by Gasteiger charge is 2.31. The number of anilines is 1. The molecule has 1 atom stereocenters. The summed E-state index contributed by atoms with van der Waals surface area (Å²) in [5, 5.41) is 0.627. The van der Waals surface area contributed by atoms with Gasteiger partial charge < -0.3 is 0 Å². The van der Waals surface area contributed by atoms with Crippen molar-refractivity contribution in [2.75, 3.05) is 11.4 Å². The fourth-order valence-corrected chi connectivity index (χ4v) is 2.89. The number of hydrogen-bond acceptors (Lipinski definition) is 4. The van der Waals surface area contributed by atoms with Gasteiger partial charge in [-0.25, -0.2) is 4.98 Å². The molecule has 1 saturated heterocycles. The zero-order valence-electron chi connectivity index (χ0n) is 9.90. The molecule has 0 spiro atoms. The lowest BCUT2D eigenvalue weighted by Crippen LogP contribution is -2.24. The third-order valence-corrected chi connectivity index (χ3v) is 4.11. The minimum Gasteiger partial charge on any atom is -0.294 e. The molecule has 1 unspecified atom stereocenters. The van der Waals surface area contributed by atoms with Crippen LogP contribution in [0, 0.1) is 12.8 Å². The van der Waals surface area contributed by atoms with Crippen molar-refractivity contribution in [2.24, 2.45) is 5.92 Å². The summed E-state index contributed by atoms with van der Waals surface area (Å²) < 4.78 is 0. The highest BCUT2D eigenvalue weighted by atomic mass is 32.1. The highest BCUT2D eigenvalue weighted by molar-refractivity contribution is 7.17. The Labute approximate surface area is 104 Å². The van der Waals surface area contributed by atoms with E-state index in [1.54, 1.807) is 17.9 Å². The molecule has 0 bridgehead atoms. The van der Waals surface area contributed by atoms with Crippen LogP contribution in [-0.2, 0) is 4.79 Å². The van der Waals surface area contributed by atoms with Gasteiger partial charge in [-0.1, -0.05) is 17.4 Å². The molecule has 90 valence electrons. The Bertz CT molecular complexity index is 493. The number of carbonyl (C=O) groups is 2. The van der Waals surface area contributed by atoms with Crippen molar-refractivity contribution in [1.82, 2.24) is 4.98 Å². The van der Waals surface area contributed by atoms with Crippen molar-refractivity contribution in [1.29, 1.82) is 0 Å². The van der Waals surface area contributed by atoms with Crippen LogP contribution in [0.1, 0.15) is 28.7 Å². The monoisotopic (exact) mass is 250 g/mol. The number of amides is 1. The average Bonchev–Trinajstić information content (AvgIpc) is 2.81. The SMILES string of the molecule is C=CC1CC(=O)N(c2nc(C)c(C(C)=O)s2)C1. The molecule has 1 aliphatic heterocycles. The maximum absolute atomic E-state index is 11.8. The van der Waals surface area contributed by atoms with E-state index in [-0.39, 0.29) is 17.6 Å². The van der Waals surface area contributed by atoms with Crippen LogP contribution in [0.15, 0.2) is 12.7 Å². The summed E-state index contributed by atoms with van der Waals surface area (Å²) in [6.45, 7) is 7.63. The van der Waals surface area contributed by atoms with Crippen molar-refractivity contribution in [3.05, 3.63) is 23.2 Å². The number of aromatic nitrogens is 1. The maximum atomic E-state index is 11.8. The maximum Gasteiger partial charge on any atom is 0.229 e. The molecule has 0 saturated carbocycles. The number of thiazole rings is 1. The summed E-state index contributed by atoms with van der Waals surface area (Å²) >= 11 is 1.29. The van der Waals surface area contributed by atoms with Gasteiger partial charge >= 0.3 is 0 Å². The molecule has 0 N–H and O–H groups in total. The number of hydrogen-bond donors (Lipinski definition) is 0. The minimum atomic E-state index is -0.00170. The quantitative estimate of drug-likeness (QED) is 0.610. The highest BCUT2D eigenvalue weighted by Crippen LogP contribution is 2.31. The number of Topliss-reactive ketones (excluding diaryl/α,β-unsaturated/α-hetero) is 1.